The molecular formula is C13H13IN2OS. The molecule has 3 nitrogen and oxygen atoms in total. The van der Waals surface area contributed by atoms with Crippen LogP contribution in [-0.4, -0.2) is 10.8 Å². The van der Waals surface area contributed by atoms with E-state index < -0.39 is 0 Å². The minimum absolute atomic E-state index is 0.0411. The molecule has 0 fully saturated rings. The SMILES string of the molecule is CC(N)c1nc(C(=O)Cc2ccc(I)cc2)cs1. The van der Waals surface area contributed by atoms with Gasteiger partial charge in [0.25, 0.3) is 0 Å². The highest BCUT2D eigenvalue weighted by Crippen LogP contribution is 2.17. The van der Waals surface area contributed by atoms with Crippen LogP contribution < -0.4 is 5.73 Å². The Morgan fingerprint density at radius 3 is 2.67 bits per heavy atom. The number of halogens is 1. The second kappa shape index (κ2) is 5.90. The molecule has 0 aliphatic carbocycles. The van der Waals surface area contributed by atoms with Crippen molar-refractivity contribution in [3.05, 3.63) is 49.5 Å². The van der Waals surface area contributed by atoms with Crippen molar-refractivity contribution in [1.29, 1.82) is 0 Å². The highest BCUT2D eigenvalue weighted by molar-refractivity contribution is 14.1. The van der Waals surface area contributed by atoms with Gasteiger partial charge in [0, 0.05) is 15.4 Å². The first kappa shape index (κ1) is 13.6. The van der Waals surface area contributed by atoms with Crippen molar-refractivity contribution < 1.29 is 4.79 Å². The largest absolute Gasteiger partial charge is 0.322 e. The van der Waals surface area contributed by atoms with E-state index in [9.17, 15) is 4.79 Å². The van der Waals surface area contributed by atoms with E-state index >= 15 is 0 Å². The Kier molecular flexibility index (Phi) is 4.47. The fourth-order valence-corrected chi connectivity index (χ4v) is 2.64. The van der Waals surface area contributed by atoms with Gasteiger partial charge in [0.15, 0.2) is 5.78 Å². The van der Waals surface area contributed by atoms with E-state index in [1.54, 1.807) is 5.38 Å². The number of carbonyl (C=O) groups is 1. The van der Waals surface area contributed by atoms with Crippen LogP contribution in [0.1, 0.15) is 34.0 Å². The number of thiazole rings is 1. The summed E-state index contributed by atoms with van der Waals surface area (Å²) in [5.41, 5.74) is 7.26. The molecule has 0 saturated heterocycles. The zero-order chi connectivity index (χ0) is 13.1. The summed E-state index contributed by atoms with van der Waals surface area (Å²) >= 11 is 3.68. The van der Waals surface area contributed by atoms with E-state index in [2.05, 4.69) is 27.6 Å². The molecule has 1 heterocycles. The van der Waals surface area contributed by atoms with E-state index in [0.717, 1.165) is 14.1 Å². The van der Waals surface area contributed by atoms with Crippen LogP contribution in [0, 0.1) is 3.57 Å². The summed E-state index contributed by atoms with van der Waals surface area (Å²) < 4.78 is 1.16. The molecule has 1 unspecified atom stereocenters. The second-order valence-electron chi connectivity index (χ2n) is 4.09. The predicted octanol–water partition coefficient (Wildman–Crippen LogP) is 3.19. The standard InChI is InChI=1S/C13H13IN2OS/c1-8(15)13-16-11(7-18-13)12(17)6-9-2-4-10(14)5-3-9/h2-5,7-8H,6,15H2,1H3. The first-order chi connectivity index (χ1) is 8.56. The number of nitrogens with two attached hydrogens (primary N) is 1. The average Bonchev–Trinajstić information content (AvgIpc) is 2.81. The van der Waals surface area contributed by atoms with Crippen LogP contribution in [0.3, 0.4) is 0 Å². The summed E-state index contributed by atoms with van der Waals surface area (Å²) in [4.78, 5) is 16.3. The minimum atomic E-state index is -0.116. The van der Waals surface area contributed by atoms with Crippen LogP contribution in [0.25, 0.3) is 0 Å². The monoisotopic (exact) mass is 372 g/mol. The summed E-state index contributed by atoms with van der Waals surface area (Å²) in [6.07, 6.45) is 0.388. The molecule has 2 aromatic rings. The predicted molar refractivity (Wildman–Crippen MR) is 81.9 cm³/mol. The van der Waals surface area contributed by atoms with Gasteiger partial charge in [0.1, 0.15) is 10.7 Å². The molecule has 1 aromatic heterocycles. The Labute approximate surface area is 124 Å². The lowest BCUT2D eigenvalue weighted by atomic mass is 10.1. The van der Waals surface area contributed by atoms with Crippen LogP contribution in [0.5, 0.6) is 0 Å². The molecule has 2 N–H and O–H groups in total. The number of Topliss-reactive ketones (excluding diaryl/α,β-unsaturated/α-hetero) is 1. The molecule has 94 valence electrons. The van der Waals surface area contributed by atoms with Gasteiger partial charge in [-0.05, 0) is 47.2 Å². The first-order valence-corrected chi connectivity index (χ1v) is 7.51. The average molecular weight is 372 g/mol. The summed E-state index contributed by atoms with van der Waals surface area (Å²) in [5.74, 6) is 0.0411. The summed E-state index contributed by atoms with van der Waals surface area (Å²) in [6.45, 7) is 1.87. The number of benzene rings is 1. The third-order valence-corrected chi connectivity index (χ3v) is 4.24. The maximum atomic E-state index is 12.0. The third kappa shape index (κ3) is 3.37. The molecule has 1 aromatic carbocycles. The van der Waals surface area contributed by atoms with Crippen molar-refractivity contribution in [1.82, 2.24) is 4.98 Å². The van der Waals surface area contributed by atoms with Crippen LogP contribution in [-0.2, 0) is 6.42 Å². The molecule has 0 amide bonds. The zero-order valence-corrected chi connectivity index (χ0v) is 12.9. The maximum Gasteiger partial charge on any atom is 0.186 e. The Morgan fingerprint density at radius 1 is 1.44 bits per heavy atom. The molecule has 2 rings (SSSR count). The fourth-order valence-electron chi connectivity index (χ4n) is 1.50. The number of hydrogen-bond acceptors (Lipinski definition) is 4. The highest BCUT2D eigenvalue weighted by Gasteiger charge is 2.13. The molecule has 0 spiro atoms. The second-order valence-corrected chi connectivity index (χ2v) is 6.22. The number of ketones is 1. The summed E-state index contributed by atoms with van der Waals surface area (Å²) in [5, 5.41) is 2.59. The quantitative estimate of drug-likeness (QED) is 0.663. The lowest BCUT2D eigenvalue weighted by Gasteiger charge is -2.00. The minimum Gasteiger partial charge on any atom is -0.322 e. The van der Waals surface area contributed by atoms with Gasteiger partial charge >= 0.3 is 0 Å². The van der Waals surface area contributed by atoms with Gasteiger partial charge in [-0.25, -0.2) is 4.98 Å². The Morgan fingerprint density at radius 2 is 2.11 bits per heavy atom. The lowest BCUT2D eigenvalue weighted by molar-refractivity contribution is 0.0988. The zero-order valence-electron chi connectivity index (χ0n) is 9.89. The molecule has 0 aliphatic heterocycles. The van der Waals surface area contributed by atoms with Crippen LogP contribution in [0.4, 0.5) is 0 Å². The first-order valence-electron chi connectivity index (χ1n) is 5.55. The van der Waals surface area contributed by atoms with Gasteiger partial charge in [-0.1, -0.05) is 12.1 Å². The van der Waals surface area contributed by atoms with E-state index in [1.807, 2.05) is 31.2 Å². The molecule has 0 bridgehead atoms. The number of aromatic nitrogens is 1. The molecule has 1 atom stereocenters. The number of carbonyl (C=O) groups excluding carboxylic acids is 1. The number of nitrogens with zero attached hydrogens (tertiary/aromatic N) is 1. The fraction of sp³-hybridized carbons (Fsp3) is 0.231. The Hall–Kier alpha value is -0.790. The number of hydrogen-bond donors (Lipinski definition) is 1. The van der Waals surface area contributed by atoms with Crippen LogP contribution in [0.2, 0.25) is 0 Å². The van der Waals surface area contributed by atoms with Gasteiger partial charge in [-0.15, -0.1) is 11.3 Å². The topological polar surface area (TPSA) is 56.0 Å². The van der Waals surface area contributed by atoms with Crippen molar-refractivity contribution in [3.63, 3.8) is 0 Å². The lowest BCUT2D eigenvalue weighted by Crippen LogP contribution is -2.07. The Bertz CT molecular complexity index is 548. The molecule has 18 heavy (non-hydrogen) atoms. The van der Waals surface area contributed by atoms with Gasteiger partial charge in [0.2, 0.25) is 0 Å². The van der Waals surface area contributed by atoms with Crippen molar-refractivity contribution in [3.8, 4) is 0 Å². The smallest absolute Gasteiger partial charge is 0.186 e. The van der Waals surface area contributed by atoms with Gasteiger partial charge < -0.3 is 5.73 Å². The number of rotatable bonds is 4. The summed E-state index contributed by atoms with van der Waals surface area (Å²) in [6, 6.07) is 7.82. The molecule has 0 radical (unpaired) electrons. The van der Waals surface area contributed by atoms with Crippen molar-refractivity contribution >= 4 is 39.7 Å². The van der Waals surface area contributed by atoms with E-state index in [0.29, 0.717) is 12.1 Å². The molecular weight excluding hydrogens is 359 g/mol. The van der Waals surface area contributed by atoms with Gasteiger partial charge in [0.05, 0.1) is 6.04 Å². The van der Waals surface area contributed by atoms with Gasteiger partial charge in [-0.3, -0.25) is 4.79 Å². The van der Waals surface area contributed by atoms with E-state index in [1.165, 1.54) is 11.3 Å². The van der Waals surface area contributed by atoms with E-state index in [-0.39, 0.29) is 11.8 Å². The Balaban J connectivity index is 2.09. The van der Waals surface area contributed by atoms with Crippen molar-refractivity contribution in [2.75, 3.05) is 0 Å². The van der Waals surface area contributed by atoms with E-state index in [4.69, 9.17) is 5.73 Å². The molecule has 0 aliphatic rings. The van der Waals surface area contributed by atoms with Crippen LogP contribution >= 0.6 is 33.9 Å². The van der Waals surface area contributed by atoms with Crippen molar-refractivity contribution in [2.24, 2.45) is 5.73 Å². The third-order valence-electron chi connectivity index (χ3n) is 2.48. The molecule has 5 heteroatoms. The molecule has 0 saturated carbocycles. The van der Waals surface area contributed by atoms with Crippen LogP contribution in [0.15, 0.2) is 29.6 Å². The summed E-state index contributed by atoms with van der Waals surface area (Å²) in [7, 11) is 0. The maximum absolute atomic E-state index is 12.0. The highest BCUT2D eigenvalue weighted by atomic mass is 127. The van der Waals surface area contributed by atoms with Gasteiger partial charge in [-0.2, -0.15) is 0 Å². The normalized spacial score (nSPS) is 12.4. The van der Waals surface area contributed by atoms with Crippen molar-refractivity contribution in [2.45, 2.75) is 19.4 Å².